The first-order chi connectivity index (χ1) is 9.13. The molecular formula is C16H24N2O. The minimum Gasteiger partial charge on any atom is -0.378 e. The monoisotopic (exact) mass is 260 g/mol. The summed E-state index contributed by atoms with van der Waals surface area (Å²) in [5.41, 5.74) is 3.09. The lowest BCUT2D eigenvalue weighted by molar-refractivity contribution is -0.0760. The van der Waals surface area contributed by atoms with E-state index in [4.69, 9.17) is 4.74 Å². The molecule has 2 unspecified atom stereocenters. The van der Waals surface area contributed by atoms with Crippen molar-refractivity contribution in [2.75, 3.05) is 26.8 Å². The van der Waals surface area contributed by atoms with Crippen molar-refractivity contribution in [1.82, 2.24) is 10.2 Å². The lowest BCUT2D eigenvalue weighted by Gasteiger charge is -2.47. The van der Waals surface area contributed by atoms with Crippen LogP contribution in [0.2, 0.25) is 0 Å². The van der Waals surface area contributed by atoms with E-state index in [9.17, 15) is 0 Å². The maximum atomic E-state index is 5.66. The summed E-state index contributed by atoms with van der Waals surface area (Å²) >= 11 is 0. The maximum absolute atomic E-state index is 5.66. The Morgan fingerprint density at radius 2 is 2.11 bits per heavy atom. The predicted octanol–water partition coefficient (Wildman–Crippen LogP) is 1.98. The van der Waals surface area contributed by atoms with Crippen molar-refractivity contribution in [1.29, 1.82) is 0 Å². The average molecular weight is 260 g/mol. The zero-order chi connectivity index (χ0) is 13.5. The number of fused-ring (bicyclic) bond motifs is 1. The number of hydrogen-bond acceptors (Lipinski definition) is 3. The molecule has 1 N–H and O–H groups in total. The third-order valence-corrected chi connectivity index (χ3v) is 4.62. The van der Waals surface area contributed by atoms with Crippen molar-refractivity contribution >= 4 is 0 Å². The van der Waals surface area contributed by atoms with Gasteiger partial charge >= 0.3 is 0 Å². The van der Waals surface area contributed by atoms with Crippen LogP contribution < -0.4 is 5.32 Å². The fraction of sp³-hybridized carbons (Fsp3) is 0.625. The fourth-order valence-corrected chi connectivity index (χ4v) is 3.70. The largest absolute Gasteiger partial charge is 0.378 e. The Labute approximate surface area is 115 Å². The molecule has 1 aromatic rings. The molecule has 0 amide bonds. The minimum atomic E-state index is 0.125. The topological polar surface area (TPSA) is 24.5 Å². The van der Waals surface area contributed by atoms with Crippen LogP contribution in [0.25, 0.3) is 0 Å². The highest BCUT2D eigenvalue weighted by Crippen LogP contribution is 2.37. The normalized spacial score (nSPS) is 30.3. The number of rotatable bonds is 2. The van der Waals surface area contributed by atoms with Gasteiger partial charge < -0.3 is 10.1 Å². The molecule has 2 aliphatic rings. The molecule has 0 radical (unpaired) electrons. The predicted molar refractivity (Wildman–Crippen MR) is 77.3 cm³/mol. The van der Waals surface area contributed by atoms with Crippen LogP contribution in [0.15, 0.2) is 24.3 Å². The van der Waals surface area contributed by atoms with E-state index in [0.717, 1.165) is 26.2 Å². The van der Waals surface area contributed by atoms with E-state index in [1.807, 2.05) is 0 Å². The molecule has 104 valence electrons. The Hall–Kier alpha value is -0.900. The van der Waals surface area contributed by atoms with Gasteiger partial charge in [-0.25, -0.2) is 0 Å². The number of nitrogens with zero attached hydrogens (tertiary/aromatic N) is 1. The molecule has 2 atom stereocenters. The minimum absolute atomic E-state index is 0.125. The quantitative estimate of drug-likeness (QED) is 0.880. The summed E-state index contributed by atoms with van der Waals surface area (Å²) < 4.78 is 5.66. The van der Waals surface area contributed by atoms with Crippen molar-refractivity contribution in [2.45, 2.75) is 37.9 Å². The van der Waals surface area contributed by atoms with E-state index in [-0.39, 0.29) is 5.54 Å². The van der Waals surface area contributed by atoms with Crippen molar-refractivity contribution < 1.29 is 4.74 Å². The van der Waals surface area contributed by atoms with E-state index in [0.29, 0.717) is 12.1 Å². The van der Waals surface area contributed by atoms with Crippen LogP contribution >= 0.6 is 0 Å². The van der Waals surface area contributed by atoms with Gasteiger partial charge in [0.05, 0.1) is 13.2 Å². The van der Waals surface area contributed by atoms with Gasteiger partial charge in [-0.15, -0.1) is 0 Å². The first-order valence-corrected chi connectivity index (χ1v) is 7.23. The molecule has 3 rings (SSSR count). The van der Waals surface area contributed by atoms with Crippen molar-refractivity contribution in [3.63, 3.8) is 0 Å². The number of benzene rings is 1. The van der Waals surface area contributed by atoms with E-state index < -0.39 is 0 Å². The molecule has 0 saturated carbocycles. The molecule has 19 heavy (non-hydrogen) atoms. The van der Waals surface area contributed by atoms with Crippen LogP contribution in [0.5, 0.6) is 0 Å². The zero-order valence-corrected chi connectivity index (χ0v) is 12.1. The molecule has 1 aromatic carbocycles. The first-order valence-electron chi connectivity index (χ1n) is 7.23. The molecule has 0 spiro atoms. The van der Waals surface area contributed by atoms with E-state index in [1.165, 1.54) is 11.1 Å². The summed E-state index contributed by atoms with van der Waals surface area (Å²) in [6.07, 6.45) is 1.14. The molecule has 1 aliphatic heterocycles. The number of ether oxygens (including phenoxy) is 1. The summed E-state index contributed by atoms with van der Waals surface area (Å²) in [6, 6.07) is 9.82. The number of nitrogens with one attached hydrogen (secondary N) is 1. The van der Waals surface area contributed by atoms with E-state index in [1.54, 1.807) is 0 Å². The van der Waals surface area contributed by atoms with Gasteiger partial charge in [0.15, 0.2) is 0 Å². The van der Waals surface area contributed by atoms with Crippen molar-refractivity contribution in [2.24, 2.45) is 0 Å². The smallest absolute Gasteiger partial charge is 0.0645 e. The van der Waals surface area contributed by atoms with Crippen LogP contribution in [0.4, 0.5) is 0 Å². The molecule has 1 saturated heterocycles. The van der Waals surface area contributed by atoms with E-state index in [2.05, 4.69) is 55.4 Å². The van der Waals surface area contributed by atoms with Gasteiger partial charge in [-0.3, -0.25) is 4.90 Å². The second-order valence-electron chi connectivity index (χ2n) is 6.30. The third-order valence-electron chi connectivity index (χ3n) is 4.62. The second kappa shape index (κ2) is 4.89. The Morgan fingerprint density at radius 3 is 2.84 bits per heavy atom. The zero-order valence-electron chi connectivity index (χ0n) is 12.1. The lowest BCUT2D eigenvalue weighted by Crippen LogP contribution is -2.59. The van der Waals surface area contributed by atoms with Gasteiger partial charge in [0.2, 0.25) is 0 Å². The Bertz CT molecular complexity index is 458. The van der Waals surface area contributed by atoms with E-state index >= 15 is 0 Å². The maximum Gasteiger partial charge on any atom is 0.0645 e. The molecule has 3 heteroatoms. The van der Waals surface area contributed by atoms with Gasteiger partial charge in [-0.05, 0) is 38.4 Å². The van der Waals surface area contributed by atoms with Gasteiger partial charge in [-0.1, -0.05) is 24.3 Å². The molecule has 3 nitrogen and oxygen atoms in total. The summed E-state index contributed by atoms with van der Waals surface area (Å²) in [7, 11) is 2.08. The van der Waals surface area contributed by atoms with Crippen LogP contribution in [-0.2, 0) is 11.2 Å². The third kappa shape index (κ3) is 2.20. The van der Waals surface area contributed by atoms with Gasteiger partial charge in [0, 0.05) is 24.2 Å². The highest BCUT2D eigenvalue weighted by molar-refractivity contribution is 5.37. The number of likely N-dealkylation sites (N-methyl/N-ethyl adjacent to an activating group) is 1. The molecule has 1 aliphatic carbocycles. The molecule has 0 bridgehead atoms. The Kier molecular flexibility index (Phi) is 3.37. The van der Waals surface area contributed by atoms with Gasteiger partial charge in [-0.2, -0.15) is 0 Å². The highest BCUT2D eigenvalue weighted by Gasteiger charge is 2.42. The van der Waals surface area contributed by atoms with Crippen molar-refractivity contribution in [3.8, 4) is 0 Å². The van der Waals surface area contributed by atoms with Gasteiger partial charge in [0.25, 0.3) is 0 Å². The van der Waals surface area contributed by atoms with Crippen LogP contribution in [-0.4, -0.2) is 43.3 Å². The first kappa shape index (κ1) is 13.1. The summed E-state index contributed by atoms with van der Waals surface area (Å²) in [5, 5.41) is 3.52. The summed E-state index contributed by atoms with van der Waals surface area (Å²) in [4.78, 5) is 2.64. The number of hydrogen-bond donors (Lipinski definition) is 1. The summed E-state index contributed by atoms with van der Waals surface area (Å²) in [6.45, 7) is 7.30. The lowest BCUT2D eigenvalue weighted by atomic mass is 9.96. The second-order valence-corrected chi connectivity index (χ2v) is 6.30. The Balaban J connectivity index is 1.90. The summed E-state index contributed by atoms with van der Waals surface area (Å²) in [5.74, 6) is 0. The SMILES string of the molecule is CNC1c2ccccc2CC1N1CCOCC1(C)C. The fourth-order valence-electron chi connectivity index (χ4n) is 3.70. The van der Waals surface area contributed by atoms with Crippen LogP contribution in [0, 0.1) is 0 Å². The Morgan fingerprint density at radius 1 is 1.32 bits per heavy atom. The molecule has 1 fully saturated rings. The number of morpholine rings is 1. The molecular weight excluding hydrogens is 236 g/mol. The van der Waals surface area contributed by atoms with Gasteiger partial charge in [0.1, 0.15) is 0 Å². The standard InChI is InChI=1S/C16H24N2O/c1-16(2)11-19-9-8-18(16)14-10-12-6-4-5-7-13(12)15(14)17-3/h4-7,14-15,17H,8-11H2,1-3H3. The highest BCUT2D eigenvalue weighted by atomic mass is 16.5. The van der Waals surface area contributed by atoms with Crippen LogP contribution in [0.1, 0.15) is 31.0 Å². The van der Waals surface area contributed by atoms with Crippen molar-refractivity contribution in [3.05, 3.63) is 35.4 Å². The molecule has 0 aromatic heterocycles. The molecule has 1 heterocycles. The average Bonchev–Trinajstić information content (AvgIpc) is 2.76. The van der Waals surface area contributed by atoms with Crippen LogP contribution in [0.3, 0.4) is 0 Å².